The van der Waals surface area contributed by atoms with Gasteiger partial charge in [0.1, 0.15) is 24.2 Å². The first kappa shape index (κ1) is 18.3. The molecule has 0 atom stereocenters. The molecule has 130 valence electrons. The molecule has 0 heterocycles. The molecule has 2 N–H and O–H groups in total. The molecular formula is C19H21N3O3. The summed E-state index contributed by atoms with van der Waals surface area (Å²) in [4.78, 5) is 11.9. The number of nitriles is 1. The zero-order valence-corrected chi connectivity index (χ0v) is 14.1. The molecule has 0 fully saturated rings. The van der Waals surface area contributed by atoms with Gasteiger partial charge in [-0.25, -0.2) is 0 Å². The van der Waals surface area contributed by atoms with Crippen LogP contribution in [0.25, 0.3) is 0 Å². The Hall–Kier alpha value is -3.04. The fraction of sp³-hybridized carbons (Fsp3) is 0.263. The summed E-state index contributed by atoms with van der Waals surface area (Å²) in [6, 6.07) is 16.4. The summed E-state index contributed by atoms with van der Waals surface area (Å²) in [5.74, 6) is 1.43. The molecule has 6 nitrogen and oxygen atoms in total. The van der Waals surface area contributed by atoms with Crippen LogP contribution in [0.3, 0.4) is 0 Å². The van der Waals surface area contributed by atoms with Crippen LogP contribution in [0.2, 0.25) is 0 Å². The van der Waals surface area contributed by atoms with E-state index in [1.807, 2.05) is 24.3 Å². The lowest BCUT2D eigenvalue weighted by Gasteiger charge is -2.09. The topological polar surface area (TPSA) is 83.4 Å². The fourth-order valence-electron chi connectivity index (χ4n) is 2.14. The molecule has 0 unspecified atom stereocenters. The first-order chi connectivity index (χ1) is 12.2. The van der Waals surface area contributed by atoms with Crippen LogP contribution in [0, 0.1) is 11.3 Å². The van der Waals surface area contributed by atoms with Gasteiger partial charge >= 0.3 is 0 Å². The van der Waals surface area contributed by atoms with Gasteiger partial charge in [0.2, 0.25) is 5.91 Å². The van der Waals surface area contributed by atoms with Crippen molar-refractivity contribution in [3.05, 3.63) is 54.1 Å². The minimum Gasteiger partial charge on any atom is -0.497 e. The van der Waals surface area contributed by atoms with E-state index in [-0.39, 0.29) is 5.91 Å². The SMILES string of the molecule is COc1ccc(OCCNCCC(=O)Nc2ccccc2C#N)cc1. The van der Waals surface area contributed by atoms with E-state index < -0.39 is 0 Å². The highest BCUT2D eigenvalue weighted by atomic mass is 16.5. The third kappa shape index (κ3) is 6.16. The highest BCUT2D eigenvalue weighted by Crippen LogP contribution is 2.16. The van der Waals surface area contributed by atoms with Crippen molar-refractivity contribution in [2.45, 2.75) is 6.42 Å². The van der Waals surface area contributed by atoms with Gasteiger partial charge in [-0.05, 0) is 36.4 Å². The van der Waals surface area contributed by atoms with Crippen molar-refractivity contribution in [3.8, 4) is 17.6 Å². The number of anilines is 1. The van der Waals surface area contributed by atoms with E-state index >= 15 is 0 Å². The molecule has 6 heteroatoms. The molecule has 1 amide bonds. The van der Waals surface area contributed by atoms with Crippen molar-refractivity contribution >= 4 is 11.6 Å². The Kier molecular flexibility index (Phi) is 7.29. The van der Waals surface area contributed by atoms with Crippen LogP contribution >= 0.6 is 0 Å². The molecule has 2 aromatic rings. The second-order valence-corrected chi connectivity index (χ2v) is 5.23. The highest BCUT2D eigenvalue weighted by molar-refractivity contribution is 5.92. The zero-order valence-electron chi connectivity index (χ0n) is 14.1. The van der Waals surface area contributed by atoms with Gasteiger partial charge in [-0.3, -0.25) is 4.79 Å². The van der Waals surface area contributed by atoms with Crippen LogP contribution < -0.4 is 20.1 Å². The summed E-state index contributed by atoms with van der Waals surface area (Å²) in [6.07, 6.45) is 0.322. The Balaban J connectivity index is 1.61. The van der Waals surface area contributed by atoms with Crippen LogP contribution in [-0.4, -0.2) is 32.7 Å². The van der Waals surface area contributed by atoms with Crippen molar-refractivity contribution in [2.75, 3.05) is 32.1 Å². The van der Waals surface area contributed by atoms with Gasteiger partial charge in [-0.1, -0.05) is 12.1 Å². The van der Waals surface area contributed by atoms with Crippen molar-refractivity contribution in [2.24, 2.45) is 0 Å². The molecule has 0 aliphatic rings. The van der Waals surface area contributed by atoms with Gasteiger partial charge in [0, 0.05) is 19.5 Å². The summed E-state index contributed by atoms with van der Waals surface area (Å²) in [5, 5.41) is 14.9. The number of nitrogens with zero attached hydrogens (tertiary/aromatic N) is 1. The number of nitrogens with one attached hydrogen (secondary N) is 2. The minimum absolute atomic E-state index is 0.133. The summed E-state index contributed by atoms with van der Waals surface area (Å²) in [7, 11) is 1.62. The van der Waals surface area contributed by atoms with E-state index in [2.05, 4.69) is 16.7 Å². The molecular weight excluding hydrogens is 318 g/mol. The number of para-hydroxylation sites is 1. The summed E-state index contributed by atoms with van der Waals surface area (Å²) < 4.78 is 10.7. The Labute approximate surface area is 147 Å². The highest BCUT2D eigenvalue weighted by Gasteiger charge is 2.05. The van der Waals surface area contributed by atoms with Crippen molar-refractivity contribution in [1.29, 1.82) is 5.26 Å². The lowest BCUT2D eigenvalue weighted by atomic mass is 10.2. The number of rotatable bonds is 9. The summed E-state index contributed by atoms with van der Waals surface area (Å²) in [5.41, 5.74) is 0.995. The molecule has 0 aliphatic heterocycles. The summed E-state index contributed by atoms with van der Waals surface area (Å²) in [6.45, 7) is 1.67. The number of carbonyl (C=O) groups excluding carboxylic acids is 1. The smallest absolute Gasteiger partial charge is 0.225 e. The number of methoxy groups -OCH3 is 1. The molecule has 2 aromatic carbocycles. The number of carbonyl (C=O) groups is 1. The average Bonchev–Trinajstić information content (AvgIpc) is 2.65. The van der Waals surface area contributed by atoms with E-state index in [1.165, 1.54) is 0 Å². The number of ether oxygens (including phenoxy) is 2. The molecule has 0 radical (unpaired) electrons. The van der Waals surface area contributed by atoms with Gasteiger partial charge < -0.3 is 20.1 Å². The second kappa shape index (κ2) is 9.96. The number of hydrogen-bond donors (Lipinski definition) is 2. The monoisotopic (exact) mass is 339 g/mol. The maximum atomic E-state index is 11.9. The van der Waals surface area contributed by atoms with Gasteiger partial charge in [0.15, 0.2) is 0 Å². The van der Waals surface area contributed by atoms with Crippen LogP contribution in [0.1, 0.15) is 12.0 Å². The lowest BCUT2D eigenvalue weighted by Crippen LogP contribution is -2.25. The van der Waals surface area contributed by atoms with Crippen molar-refractivity contribution in [3.63, 3.8) is 0 Å². The predicted octanol–water partition coefficient (Wildman–Crippen LogP) is 2.56. The fourth-order valence-corrected chi connectivity index (χ4v) is 2.14. The van der Waals surface area contributed by atoms with Gasteiger partial charge in [-0.15, -0.1) is 0 Å². The normalized spacial score (nSPS) is 9.92. The molecule has 0 aliphatic carbocycles. The number of benzene rings is 2. The number of hydrogen-bond acceptors (Lipinski definition) is 5. The van der Waals surface area contributed by atoms with Gasteiger partial charge in [-0.2, -0.15) is 5.26 Å². The Morgan fingerprint density at radius 3 is 2.52 bits per heavy atom. The molecule has 25 heavy (non-hydrogen) atoms. The van der Waals surface area contributed by atoms with Gasteiger partial charge in [0.05, 0.1) is 18.4 Å². The zero-order chi connectivity index (χ0) is 17.9. The Morgan fingerprint density at radius 1 is 1.08 bits per heavy atom. The van der Waals surface area contributed by atoms with Crippen LogP contribution in [0.5, 0.6) is 11.5 Å². The molecule has 0 spiro atoms. The largest absolute Gasteiger partial charge is 0.497 e. The maximum Gasteiger partial charge on any atom is 0.225 e. The lowest BCUT2D eigenvalue weighted by molar-refractivity contribution is -0.116. The van der Waals surface area contributed by atoms with Crippen LogP contribution in [0.4, 0.5) is 5.69 Å². The van der Waals surface area contributed by atoms with E-state index in [0.717, 1.165) is 11.5 Å². The van der Waals surface area contributed by atoms with E-state index in [4.69, 9.17) is 14.7 Å². The standard InChI is InChI=1S/C19H21N3O3/c1-24-16-6-8-17(9-7-16)25-13-12-21-11-10-19(23)22-18-5-3-2-4-15(18)14-20/h2-9,21H,10-13H2,1H3,(H,22,23). The second-order valence-electron chi connectivity index (χ2n) is 5.23. The van der Waals surface area contributed by atoms with Crippen LogP contribution in [0.15, 0.2) is 48.5 Å². The van der Waals surface area contributed by atoms with E-state index in [1.54, 1.807) is 31.4 Å². The third-order valence-electron chi connectivity index (χ3n) is 3.46. The quantitative estimate of drug-likeness (QED) is 0.686. The minimum atomic E-state index is -0.133. The average molecular weight is 339 g/mol. The molecule has 0 saturated heterocycles. The molecule has 2 rings (SSSR count). The Morgan fingerprint density at radius 2 is 1.80 bits per heavy atom. The predicted molar refractivity (Wildman–Crippen MR) is 95.8 cm³/mol. The maximum absolute atomic E-state index is 11.9. The van der Waals surface area contributed by atoms with Crippen molar-refractivity contribution in [1.82, 2.24) is 5.32 Å². The van der Waals surface area contributed by atoms with Crippen LogP contribution in [-0.2, 0) is 4.79 Å². The molecule has 0 aromatic heterocycles. The first-order valence-electron chi connectivity index (χ1n) is 7.99. The third-order valence-corrected chi connectivity index (χ3v) is 3.46. The van der Waals surface area contributed by atoms with Gasteiger partial charge in [0.25, 0.3) is 0 Å². The molecule has 0 saturated carbocycles. The van der Waals surface area contributed by atoms with E-state index in [9.17, 15) is 4.79 Å². The first-order valence-corrected chi connectivity index (χ1v) is 7.99. The van der Waals surface area contributed by atoms with E-state index in [0.29, 0.717) is 37.4 Å². The van der Waals surface area contributed by atoms with Crippen molar-refractivity contribution < 1.29 is 14.3 Å². The number of amides is 1. The molecule has 0 bridgehead atoms. The summed E-state index contributed by atoms with van der Waals surface area (Å²) >= 11 is 0. The Bertz CT molecular complexity index is 723.